The largest absolute Gasteiger partial charge is 0.458 e. The van der Waals surface area contributed by atoms with E-state index in [-0.39, 0.29) is 12.1 Å². The summed E-state index contributed by atoms with van der Waals surface area (Å²) in [6, 6.07) is 0. The molecule has 1 aliphatic carbocycles. The third-order valence-corrected chi connectivity index (χ3v) is 4.18. The van der Waals surface area contributed by atoms with Crippen LogP contribution in [-0.2, 0) is 11.3 Å². The molecule has 0 saturated heterocycles. The first-order chi connectivity index (χ1) is 9.02. The van der Waals surface area contributed by atoms with Gasteiger partial charge in [-0.3, -0.25) is 4.68 Å². The van der Waals surface area contributed by atoms with Gasteiger partial charge in [-0.15, -0.1) is 0 Å². The van der Waals surface area contributed by atoms with Gasteiger partial charge in [0.1, 0.15) is 6.10 Å². The van der Waals surface area contributed by atoms with Gasteiger partial charge in [0.2, 0.25) is 0 Å². The number of carbonyl (C=O) groups excluding carboxylic acids is 1. The predicted molar refractivity (Wildman–Crippen MR) is 73.7 cm³/mol. The van der Waals surface area contributed by atoms with Gasteiger partial charge in [0.05, 0.1) is 11.9 Å². The van der Waals surface area contributed by atoms with E-state index in [0.717, 1.165) is 19.3 Å². The van der Waals surface area contributed by atoms with Crippen molar-refractivity contribution in [2.75, 3.05) is 5.73 Å². The van der Waals surface area contributed by atoms with Crippen molar-refractivity contribution in [3.05, 3.63) is 11.9 Å². The zero-order chi connectivity index (χ0) is 14.0. The summed E-state index contributed by atoms with van der Waals surface area (Å²) in [7, 11) is 0. The van der Waals surface area contributed by atoms with Crippen LogP contribution in [0.4, 0.5) is 5.69 Å². The number of ether oxygens (including phenoxy) is 1. The first-order valence-corrected chi connectivity index (χ1v) is 7.05. The van der Waals surface area contributed by atoms with E-state index in [9.17, 15) is 4.79 Å². The molecule has 0 aliphatic heterocycles. The van der Waals surface area contributed by atoms with Crippen molar-refractivity contribution in [1.29, 1.82) is 0 Å². The van der Waals surface area contributed by atoms with E-state index in [1.165, 1.54) is 6.20 Å². The number of esters is 1. The SMILES string of the molecule is CCn1ncc(N)c1C(=O)OC1CCC(C)C(C)C1. The van der Waals surface area contributed by atoms with Gasteiger partial charge in [-0.1, -0.05) is 13.8 Å². The summed E-state index contributed by atoms with van der Waals surface area (Å²) in [6.07, 6.45) is 4.51. The zero-order valence-electron chi connectivity index (χ0n) is 11.9. The predicted octanol–water partition coefficient (Wildman–Crippen LogP) is 2.47. The molecule has 1 fully saturated rings. The first-order valence-electron chi connectivity index (χ1n) is 7.05. The molecule has 19 heavy (non-hydrogen) atoms. The lowest BCUT2D eigenvalue weighted by molar-refractivity contribution is 0.00769. The molecule has 3 atom stereocenters. The van der Waals surface area contributed by atoms with Crippen LogP contribution in [0.2, 0.25) is 0 Å². The summed E-state index contributed by atoms with van der Waals surface area (Å²) in [5.41, 5.74) is 6.56. The lowest BCUT2D eigenvalue weighted by Gasteiger charge is -2.31. The Morgan fingerprint density at radius 2 is 2.21 bits per heavy atom. The number of rotatable bonds is 3. The van der Waals surface area contributed by atoms with Gasteiger partial charge in [0, 0.05) is 6.54 Å². The van der Waals surface area contributed by atoms with Crippen molar-refractivity contribution in [2.45, 2.75) is 52.7 Å². The second-order valence-corrected chi connectivity index (χ2v) is 5.56. The number of hydrogen-bond acceptors (Lipinski definition) is 4. The molecule has 2 rings (SSSR count). The lowest BCUT2D eigenvalue weighted by atomic mass is 9.80. The highest BCUT2D eigenvalue weighted by atomic mass is 16.5. The molecule has 0 aromatic carbocycles. The Morgan fingerprint density at radius 3 is 2.84 bits per heavy atom. The maximum atomic E-state index is 12.2. The Bertz CT molecular complexity index is 456. The van der Waals surface area contributed by atoms with E-state index in [2.05, 4.69) is 18.9 Å². The van der Waals surface area contributed by atoms with Crippen LogP contribution < -0.4 is 5.73 Å². The quantitative estimate of drug-likeness (QED) is 0.852. The maximum Gasteiger partial charge on any atom is 0.359 e. The van der Waals surface area contributed by atoms with Crippen LogP contribution in [0.5, 0.6) is 0 Å². The van der Waals surface area contributed by atoms with Crippen LogP contribution >= 0.6 is 0 Å². The third kappa shape index (κ3) is 2.91. The van der Waals surface area contributed by atoms with Gasteiger partial charge in [0.25, 0.3) is 0 Å². The fourth-order valence-corrected chi connectivity index (χ4v) is 2.68. The Hall–Kier alpha value is -1.52. The fourth-order valence-electron chi connectivity index (χ4n) is 2.68. The minimum Gasteiger partial charge on any atom is -0.458 e. The standard InChI is InChI=1S/C14H23N3O2/c1-4-17-13(12(15)8-16-17)14(18)19-11-6-5-9(2)10(3)7-11/h8-11H,4-7,15H2,1-3H3. The monoisotopic (exact) mass is 265 g/mol. The summed E-state index contributed by atoms with van der Waals surface area (Å²) in [4.78, 5) is 12.2. The molecule has 0 spiro atoms. The average Bonchev–Trinajstić information content (AvgIpc) is 2.75. The number of aromatic nitrogens is 2. The minimum atomic E-state index is -0.344. The van der Waals surface area contributed by atoms with Gasteiger partial charge in [0.15, 0.2) is 5.69 Å². The molecule has 1 heterocycles. The molecule has 1 aromatic heterocycles. The number of nitrogens with two attached hydrogens (primary N) is 1. The number of nitrogen functional groups attached to an aromatic ring is 1. The molecule has 0 radical (unpaired) electrons. The molecular formula is C14H23N3O2. The van der Waals surface area contributed by atoms with Crippen LogP contribution in [0.25, 0.3) is 0 Å². The summed E-state index contributed by atoms with van der Waals surface area (Å²) < 4.78 is 7.19. The maximum absolute atomic E-state index is 12.2. The van der Waals surface area contributed by atoms with E-state index in [0.29, 0.717) is 29.8 Å². The van der Waals surface area contributed by atoms with Gasteiger partial charge >= 0.3 is 5.97 Å². The third-order valence-electron chi connectivity index (χ3n) is 4.18. The van der Waals surface area contributed by atoms with Crippen molar-refractivity contribution < 1.29 is 9.53 Å². The molecule has 0 amide bonds. The molecule has 1 aromatic rings. The molecule has 0 bridgehead atoms. The summed E-state index contributed by atoms with van der Waals surface area (Å²) >= 11 is 0. The zero-order valence-corrected chi connectivity index (χ0v) is 11.9. The van der Waals surface area contributed by atoms with E-state index >= 15 is 0 Å². The molecule has 1 aliphatic rings. The Balaban J connectivity index is 2.03. The van der Waals surface area contributed by atoms with E-state index in [1.54, 1.807) is 4.68 Å². The van der Waals surface area contributed by atoms with Crippen LogP contribution in [0.15, 0.2) is 6.20 Å². The molecular weight excluding hydrogens is 242 g/mol. The second-order valence-electron chi connectivity index (χ2n) is 5.56. The summed E-state index contributed by atoms with van der Waals surface area (Å²) in [5.74, 6) is 0.963. The molecule has 2 N–H and O–H groups in total. The lowest BCUT2D eigenvalue weighted by Crippen LogP contribution is -2.29. The Kier molecular flexibility index (Phi) is 4.12. The van der Waals surface area contributed by atoms with Crippen molar-refractivity contribution >= 4 is 11.7 Å². The van der Waals surface area contributed by atoms with Crippen molar-refractivity contribution in [3.63, 3.8) is 0 Å². The van der Waals surface area contributed by atoms with Crippen LogP contribution in [0.3, 0.4) is 0 Å². The average molecular weight is 265 g/mol. The van der Waals surface area contributed by atoms with Crippen LogP contribution in [0, 0.1) is 11.8 Å². The topological polar surface area (TPSA) is 70.1 Å². The number of nitrogens with zero attached hydrogens (tertiary/aromatic N) is 2. The highest BCUT2D eigenvalue weighted by Gasteiger charge is 2.28. The smallest absolute Gasteiger partial charge is 0.359 e. The van der Waals surface area contributed by atoms with Crippen molar-refractivity contribution in [1.82, 2.24) is 9.78 Å². The summed E-state index contributed by atoms with van der Waals surface area (Å²) in [6.45, 7) is 7.01. The molecule has 5 nitrogen and oxygen atoms in total. The number of aryl methyl sites for hydroxylation is 1. The highest BCUT2D eigenvalue weighted by Crippen LogP contribution is 2.31. The van der Waals surface area contributed by atoms with E-state index < -0.39 is 0 Å². The Morgan fingerprint density at radius 1 is 1.47 bits per heavy atom. The first kappa shape index (κ1) is 13.9. The van der Waals surface area contributed by atoms with Crippen LogP contribution in [-0.4, -0.2) is 21.9 Å². The Labute approximate surface area is 114 Å². The van der Waals surface area contributed by atoms with Crippen LogP contribution in [0.1, 0.15) is 50.5 Å². The van der Waals surface area contributed by atoms with Gasteiger partial charge in [-0.25, -0.2) is 4.79 Å². The molecule has 1 saturated carbocycles. The molecule has 5 heteroatoms. The van der Waals surface area contributed by atoms with E-state index in [1.807, 2.05) is 6.92 Å². The van der Waals surface area contributed by atoms with Gasteiger partial charge in [-0.2, -0.15) is 5.10 Å². The van der Waals surface area contributed by atoms with Gasteiger partial charge < -0.3 is 10.5 Å². The number of hydrogen-bond donors (Lipinski definition) is 1. The number of anilines is 1. The van der Waals surface area contributed by atoms with E-state index in [4.69, 9.17) is 10.5 Å². The minimum absolute atomic E-state index is 0.0123. The second kappa shape index (κ2) is 5.63. The normalized spacial score (nSPS) is 27.2. The highest BCUT2D eigenvalue weighted by molar-refractivity contribution is 5.93. The van der Waals surface area contributed by atoms with Gasteiger partial charge in [-0.05, 0) is 38.0 Å². The summed E-state index contributed by atoms with van der Waals surface area (Å²) in [5, 5.41) is 4.07. The molecule has 106 valence electrons. The number of carbonyl (C=O) groups is 1. The van der Waals surface area contributed by atoms with Crippen molar-refractivity contribution in [2.24, 2.45) is 11.8 Å². The van der Waals surface area contributed by atoms with Crippen molar-refractivity contribution in [3.8, 4) is 0 Å². The molecule has 3 unspecified atom stereocenters. The fraction of sp³-hybridized carbons (Fsp3) is 0.714.